The summed E-state index contributed by atoms with van der Waals surface area (Å²) in [5, 5.41) is 8.63. The number of nitriles is 1. The van der Waals surface area contributed by atoms with E-state index in [0.717, 1.165) is 18.2 Å². The van der Waals surface area contributed by atoms with Crippen molar-refractivity contribution in [3.63, 3.8) is 0 Å². The van der Waals surface area contributed by atoms with Gasteiger partial charge in [-0.15, -0.1) is 0 Å². The van der Waals surface area contributed by atoms with Crippen LogP contribution < -0.4 is 4.90 Å². The molecule has 0 amide bonds. The number of rotatable bonds is 3. The highest BCUT2D eigenvalue weighted by Crippen LogP contribution is 2.28. The van der Waals surface area contributed by atoms with E-state index >= 15 is 0 Å². The summed E-state index contributed by atoms with van der Waals surface area (Å²) in [6.45, 7) is 1.10. The van der Waals surface area contributed by atoms with E-state index in [1.54, 1.807) is 12.3 Å². The monoisotopic (exact) mass is 201 g/mol. The van der Waals surface area contributed by atoms with Gasteiger partial charge in [0.2, 0.25) is 0 Å². The second-order valence-corrected chi connectivity index (χ2v) is 4.19. The van der Waals surface area contributed by atoms with Crippen LogP contribution in [-0.4, -0.2) is 18.6 Å². The minimum Gasteiger partial charge on any atom is -0.373 e. The van der Waals surface area contributed by atoms with Gasteiger partial charge in [0.1, 0.15) is 11.8 Å². The van der Waals surface area contributed by atoms with Gasteiger partial charge in [-0.3, -0.25) is 0 Å². The van der Waals surface area contributed by atoms with Gasteiger partial charge >= 0.3 is 0 Å². The predicted molar refractivity (Wildman–Crippen MR) is 59.6 cm³/mol. The molecular formula is C12H15N3. The lowest BCUT2D eigenvalue weighted by atomic mass is 9.85. The molecule has 15 heavy (non-hydrogen) atoms. The Morgan fingerprint density at radius 3 is 2.80 bits per heavy atom. The lowest BCUT2D eigenvalue weighted by molar-refractivity contribution is 0.321. The molecule has 0 aliphatic heterocycles. The SMILES string of the molecule is CN(CC1CCC1)c1ccc(C#N)nc1. The van der Waals surface area contributed by atoms with Crippen LogP contribution >= 0.6 is 0 Å². The Morgan fingerprint density at radius 2 is 2.33 bits per heavy atom. The molecule has 0 aromatic carbocycles. The van der Waals surface area contributed by atoms with Crippen molar-refractivity contribution in [3.8, 4) is 6.07 Å². The number of hydrogen-bond donors (Lipinski definition) is 0. The van der Waals surface area contributed by atoms with Crippen LogP contribution in [-0.2, 0) is 0 Å². The molecule has 78 valence electrons. The average molecular weight is 201 g/mol. The summed E-state index contributed by atoms with van der Waals surface area (Å²) >= 11 is 0. The van der Waals surface area contributed by atoms with Crippen LogP contribution in [0.15, 0.2) is 18.3 Å². The minimum atomic E-state index is 0.482. The third-order valence-electron chi connectivity index (χ3n) is 3.06. The molecule has 2 rings (SSSR count). The molecule has 1 fully saturated rings. The van der Waals surface area contributed by atoms with Crippen molar-refractivity contribution in [1.82, 2.24) is 4.98 Å². The van der Waals surface area contributed by atoms with Gasteiger partial charge in [-0.05, 0) is 30.9 Å². The maximum Gasteiger partial charge on any atom is 0.140 e. The van der Waals surface area contributed by atoms with Crippen LogP contribution in [0.5, 0.6) is 0 Å². The van der Waals surface area contributed by atoms with E-state index in [-0.39, 0.29) is 0 Å². The Morgan fingerprint density at radius 1 is 1.53 bits per heavy atom. The molecule has 0 spiro atoms. The van der Waals surface area contributed by atoms with Gasteiger partial charge in [0.05, 0.1) is 11.9 Å². The van der Waals surface area contributed by atoms with Crippen LogP contribution in [0.25, 0.3) is 0 Å². The molecule has 0 radical (unpaired) electrons. The normalized spacial score (nSPS) is 15.5. The molecule has 0 atom stereocenters. The summed E-state index contributed by atoms with van der Waals surface area (Å²) in [6.07, 6.45) is 5.86. The maximum atomic E-state index is 8.63. The van der Waals surface area contributed by atoms with Gasteiger partial charge in [-0.25, -0.2) is 4.98 Å². The van der Waals surface area contributed by atoms with E-state index < -0.39 is 0 Å². The summed E-state index contributed by atoms with van der Waals surface area (Å²) in [7, 11) is 2.08. The van der Waals surface area contributed by atoms with E-state index in [1.165, 1.54) is 19.3 Å². The molecule has 0 unspecified atom stereocenters. The molecule has 1 heterocycles. The smallest absolute Gasteiger partial charge is 0.140 e. The van der Waals surface area contributed by atoms with E-state index in [2.05, 4.69) is 16.9 Å². The second-order valence-electron chi connectivity index (χ2n) is 4.19. The fourth-order valence-electron chi connectivity index (χ4n) is 1.85. The Bertz CT molecular complexity index is 359. The van der Waals surface area contributed by atoms with Gasteiger partial charge in [0.15, 0.2) is 0 Å². The lowest BCUT2D eigenvalue weighted by Crippen LogP contribution is -2.29. The zero-order valence-electron chi connectivity index (χ0n) is 8.98. The van der Waals surface area contributed by atoms with Crippen LogP contribution in [0, 0.1) is 17.2 Å². The van der Waals surface area contributed by atoms with Gasteiger partial charge in [-0.2, -0.15) is 5.26 Å². The molecule has 1 aliphatic carbocycles. The van der Waals surface area contributed by atoms with E-state index in [4.69, 9.17) is 5.26 Å². The van der Waals surface area contributed by atoms with Crippen molar-refractivity contribution in [2.75, 3.05) is 18.5 Å². The van der Waals surface area contributed by atoms with E-state index in [0.29, 0.717) is 5.69 Å². The molecule has 1 aromatic heterocycles. The number of hydrogen-bond acceptors (Lipinski definition) is 3. The summed E-state index contributed by atoms with van der Waals surface area (Å²) in [5.41, 5.74) is 1.58. The van der Waals surface area contributed by atoms with Gasteiger partial charge in [0, 0.05) is 13.6 Å². The second kappa shape index (κ2) is 4.31. The molecule has 0 bridgehead atoms. The minimum absolute atomic E-state index is 0.482. The molecule has 1 saturated carbocycles. The number of nitrogens with zero attached hydrogens (tertiary/aromatic N) is 3. The average Bonchev–Trinajstić information content (AvgIpc) is 2.23. The first kappa shape index (κ1) is 9.97. The van der Waals surface area contributed by atoms with Crippen LogP contribution in [0.4, 0.5) is 5.69 Å². The molecule has 1 aromatic rings. The first-order chi connectivity index (χ1) is 7.29. The fourth-order valence-corrected chi connectivity index (χ4v) is 1.85. The number of aromatic nitrogens is 1. The Kier molecular flexibility index (Phi) is 2.86. The van der Waals surface area contributed by atoms with Crippen molar-refractivity contribution in [3.05, 3.63) is 24.0 Å². The summed E-state index contributed by atoms with van der Waals surface area (Å²) in [5.74, 6) is 0.852. The quantitative estimate of drug-likeness (QED) is 0.752. The third-order valence-corrected chi connectivity index (χ3v) is 3.06. The van der Waals surface area contributed by atoms with Gasteiger partial charge in [0.25, 0.3) is 0 Å². The van der Waals surface area contributed by atoms with Crippen molar-refractivity contribution in [1.29, 1.82) is 5.26 Å². The Labute approximate surface area is 90.4 Å². The molecule has 3 heteroatoms. The molecule has 1 aliphatic rings. The van der Waals surface area contributed by atoms with Crippen LogP contribution in [0.3, 0.4) is 0 Å². The molecular weight excluding hydrogens is 186 g/mol. The van der Waals surface area contributed by atoms with Crippen LogP contribution in [0.2, 0.25) is 0 Å². The maximum absolute atomic E-state index is 8.63. The van der Waals surface area contributed by atoms with Crippen LogP contribution in [0.1, 0.15) is 25.0 Å². The van der Waals surface area contributed by atoms with E-state index in [9.17, 15) is 0 Å². The largest absolute Gasteiger partial charge is 0.373 e. The molecule has 3 nitrogen and oxygen atoms in total. The topological polar surface area (TPSA) is 39.9 Å². The third kappa shape index (κ3) is 2.27. The summed E-state index contributed by atoms with van der Waals surface area (Å²) < 4.78 is 0. The zero-order valence-corrected chi connectivity index (χ0v) is 8.98. The molecule has 0 saturated heterocycles. The highest BCUT2D eigenvalue weighted by molar-refractivity contribution is 5.45. The molecule has 0 N–H and O–H groups in total. The van der Waals surface area contributed by atoms with Crippen molar-refractivity contribution in [2.45, 2.75) is 19.3 Å². The Hall–Kier alpha value is -1.56. The standard InChI is InChI=1S/C12H15N3/c1-15(9-10-3-2-4-10)12-6-5-11(7-13)14-8-12/h5-6,8,10H,2-4,9H2,1H3. The van der Waals surface area contributed by atoms with Crippen molar-refractivity contribution >= 4 is 5.69 Å². The first-order valence-electron chi connectivity index (χ1n) is 5.37. The highest BCUT2D eigenvalue weighted by atomic mass is 15.1. The summed E-state index contributed by atoms with van der Waals surface area (Å²) in [4.78, 5) is 6.29. The zero-order chi connectivity index (χ0) is 10.7. The number of pyridine rings is 1. The van der Waals surface area contributed by atoms with Crippen molar-refractivity contribution < 1.29 is 0 Å². The van der Waals surface area contributed by atoms with Gasteiger partial charge < -0.3 is 4.90 Å². The predicted octanol–water partition coefficient (Wildman–Crippen LogP) is 2.19. The Balaban J connectivity index is 1.98. The number of anilines is 1. The van der Waals surface area contributed by atoms with Crippen molar-refractivity contribution in [2.24, 2.45) is 5.92 Å². The highest BCUT2D eigenvalue weighted by Gasteiger charge is 2.19. The fraction of sp³-hybridized carbons (Fsp3) is 0.500. The first-order valence-corrected chi connectivity index (χ1v) is 5.37. The lowest BCUT2D eigenvalue weighted by Gasteiger charge is -2.31. The van der Waals surface area contributed by atoms with E-state index in [1.807, 2.05) is 12.1 Å². The van der Waals surface area contributed by atoms with Gasteiger partial charge in [-0.1, -0.05) is 6.42 Å². The summed E-state index contributed by atoms with van der Waals surface area (Å²) in [6, 6.07) is 5.76.